The lowest BCUT2D eigenvalue weighted by atomic mass is 9.61. The van der Waals surface area contributed by atoms with E-state index in [4.69, 9.17) is 9.47 Å². The molecule has 3 aromatic carbocycles. The SMILES string of the molecule is C=C(/C=C1/CN(C2CCC(=O)NC2=O)C(=O)C1=C)OC1CC2(CCN(CCOc3ccc(/C(=C(/CC)c4ccccc4)c4ccc(O)cc4)cc3)CC2)C1. The number of amides is 3. The third-order valence-corrected chi connectivity index (χ3v) is 11.5. The van der Waals surface area contributed by atoms with Gasteiger partial charge in [-0.2, -0.15) is 0 Å². The number of likely N-dealkylation sites (tertiary alicyclic amines) is 2. The van der Waals surface area contributed by atoms with E-state index < -0.39 is 11.9 Å². The van der Waals surface area contributed by atoms with Crippen molar-refractivity contribution in [1.82, 2.24) is 15.1 Å². The molecule has 1 unspecified atom stereocenters. The number of aromatic hydroxyl groups is 1. The number of benzene rings is 3. The van der Waals surface area contributed by atoms with Crippen molar-refractivity contribution in [3.05, 3.63) is 132 Å². The lowest BCUT2D eigenvalue weighted by Crippen LogP contribution is -2.52. The average molecular weight is 728 g/mol. The van der Waals surface area contributed by atoms with Crippen molar-refractivity contribution < 1.29 is 29.0 Å². The highest BCUT2D eigenvalue weighted by Gasteiger charge is 2.47. The highest BCUT2D eigenvalue weighted by Crippen LogP contribution is 2.51. The number of hydrogen-bond donors (Lipinski definition) is 2. The van der Waals surface area contributed by atoms with Crippen LogP contribution in [0.25, 0.3) is 11.1 Å². The van der Waals surface area contributed by atoms with Gasteiger partial charge in [0.15, 0.2) is 0 Å². The summed E-state index contributed by atoms with van der Waals surface area (Å²) in [6, 6.07) is 25.6. The Bertz CT molecular complexity index is 1970. The Labute approximate surface area is 317 Å². The third kappa shape index (κ3) is 8.06. The van der Waals surface area contributed by atoms with Gasteiger partial charge in [0, 0.05) is 25.1 Å². The fourth-order valence-electron chi connectivity index (χ4n) is 8.43. The number of phenols is 1. The van der Waals surface area contributed by atoms with Gasteiger partial charge in [0.05, 0.1) is 6.10 Å². The summed E-state index contributed by atoms with van der Waals surface area (Å²) in [5.74, 6) is 0.558. The van der Waals surface area contributed by atoms with Crippen LogP contribution >= 0.6 is 0 Å². The number of ether oxygens (including phenoxy) is 2. The molecule has 3 aromatic rings. The van der Waals surface area contributed by atoms with Crippen LogP contribution in [0.1, 0.15) is 68.6 Å². The molecule has 1 atom stereocenters. The molecule has 9 nitrogen and oxygen atoms in total. The van der Waals surface area contributed by atoms with E-state index in [0.29, 0.717) is 35.3 Å². The first-order valence-corrected chi connectivity index (χ1v) is 19.0. The molecule has 0 radical (unpaired) electrons. The van der Waals surface area contributed by atoms with Gasteiger partial charge >= 0.3 is 0 Å². The molecular weight excluding hydrogens is 679 g/mol. The number of rotatable bonds is 12. The summed E-state index contributed by atoms with van der Waals surface area (Å²) in [6.45, 7) is 14.0. The minimum absolute atomic E-state index is 0.0920. The standard InChI is InChI=1S/C45H49N3O6/c1-4-39(32-8-6-5-7-9-32)42(33-10-14-36(49)15-11-33)34-12-16-37(17-13-34)53-25-24-47-22-20-45(21-23-47)27-38(28-45)54-30(2)26-35-29-48(44(52)31(35)3)40-18-19-41(50)46-43(40)51/h5-17,26,38,40,49H,2-4,18-25,27-29H2,1H3,(H,46,50,51)/b35-26-,42-39-. The Kier molecular flexibility index (Phi) is 10.9. The van der Waals surface area contributed by atoms with Crippen molar-refractivity contribution in [1.29, 1.82) is 0 Å². The second-order valence-electron chi connectivity index (χ2n) is 15.0. The maximum atomic E-state index is 12.9. The molecule has 4 aliphatic rings. The molecule has 1 spiro atoms. The van der Waals surface area contributed by atoms with Gasteiger partial charge in [-0.15, -0.1) is 0 Å². The minimum atomic E-state index is -0.670. The van der Waals surface area contributed by atoms with Crippen LogP contribution in [-0.4, -0.2) is 77.6 Å². The molecule has 3 saturated heterocycles. The third-order valence-electron chi connectivity index (χ3n) is 11.5. The van der Waals surface area contributed by atoms with E-state index in [1.165, 1.54) is 16.0 Å². The summed E-state index contributed by atoms with van der Waals surface area (Å²) in [4.78, 5) is 40.7. The Morgan fingerprint density at radius 3 is 2.26 bits per heavy atom. The number of nitrogens with one attached hydrogen (secondary N) is 1. The summed E-state index contributed by atoms with van der Waals surface area (Å²) >= 11 is 0. The molecule has 1 saturated carbocycles. The summed E-state index contributed by atoms with van der Waals surface area (Å²) in [7, 11) is 0. The maximum absolute atomic E-state index is 12.9. The van der Waals surface area contributed by atoms with Gasteiger partial charge in [0.1, 0.15) is 29.9 Å². The number of imide groups is 1. The first-order chi connectivity index (χ1) is 26.1. The smallest absolute Gasteiger partial charge is 0.254 e. The number of piperidine rings is 2. The van der Waals surface area contributed by atoms with E-state index >= 15 is 0 Å². The van der Waals surface area contributed by atoms with Gasteiger partial charge in [-0.25, -0.2) is 0 Å². The number of carbonyl (C=O) groups excluding carboxylic acids is 3. The number of nitrogens with zero attached hydrogens (tertiary/aromatic N) is 2. The predicted molar refractivity (Wildman–Crippen MR) is 209 cm³/mol. The van der Waals surface area contributed by atoms with Crippen molar-refractivity contribution in [3.8, 4) is 11.5 Å². The monoisotopic (exact) mass is 727 g/mol. The highest BCUT2D eigenvalue weighted by atomic mass is 16.5. The van der Waals surface area contributed by atoms with Crippen LogP contribution in [0.5, 0.6) is 11.5 Å². The number of carbonyl (C=O) groups is 3. The molecule has 3 amide bonds. The Morgan fingerprint density at radius 1 is 0.944 bits per heavy atom. The second-order valence-corrected chi connectivity index (χ2v) is 15.0. The molecule has 4 fully saturated rings. The zero-order valence-electron chi connectivity index (χ0n) is 31.0. The zero-order chi connectivity index (χ0) is 37.8. The Hall–Kier alpha value is -5.41. The molecule has 9 heteroatoms. The quantitative estimate of drug-likeness (QED) is 0.0892. The summed E-state index contributed by atoms with van der Waals surface area (Å²) < 4.78 is 12.4. The molecular formula is C45H49N3O6. The lowest BCUT2D eigenvalue weighted by Gasteiger charge is -2.51. The van der Waals surface area contributed by atoms with Gasteiger partial charge in [-0.1, -0.05) is 74.7 Å². The summed E-state index contributed by atoms with van der Waals surface area (Å²) in [6.07, 6.45) is 7.46. The van der Waals surface area contributed by atoms with Gasteiger partial charge in [-0.05, 0) is 121 Å². The second kappa shape index (κ2) is 15.9. The highest BCUT2D eigenvalue weighted by molar-refractivity contribution is 6.06. The fourth-order valence-corrected chi connectivity index (χ4v) is 8.43. The van der Waals surface area contributed by atoms with Crippen LogP contribution < -0.4 is 10.1 Å². The van der Waals surface area contributed by atoms with Gasteiger partial charge in [0.25, 0.3) is 5.91 Å². The summed E-state index contributed by atoms with van der Waals surface area (Å²) in [5.41, 5.74) is 7.07. The molecule has 2 N–H and O–H groups in total. The molecule has 280 valence electrons. The number of allylic oxidation sites excluding steroid dienone is 2. The topological polar surface area (TPSA) is 108 Å². The maximum Gasteiger partial charge on any atom is 0.254 e. The van der Waals surface area contributed by atoms with Gasteiger partial charge < -0.3 is 19.5 Å². The van der Waals surface area contributed by atoms with Crippen LogP contribution in [0.2, 0.25) is 0 Å². The normalized spacial score (nSPS) is 21.5. The van der Waals surface area contributed by atoms with E-state index in [0.717, 1.165) is 74.2 Å². The fraction of sp³-hybridized carbons (Fsp3) is 0.356. The van der Waals surface area contributed by atoms with Crippen molar-refractivity contribution in [2.75, 3.05) is 32.8 Å². The Morgan fingerprint density at radius 2 is 1.61 bits per heavy atom. The van der Waals surface area contributed by atoms with E-state index in [1.54, 1.807) is 18.2 Å². The zero-order valence-corrected chi connectivity index (χ0v) is 31.0. The van der Waals surface area contributed by atoms with Crippen molar-refractivity contribution in [2.45, 2.75) is 64.0 Å². The van der Waals surface area contributed by atoms with Crippen LogP contribution in [-0.2, 0) is 19.1 Å². The molecule has 3 heterocycles. The predicted octanol–water partition coefficient (Wildman–Crippen LogP) is 7.05. The van der Waals surface area contributed by atoms with E-state index in [-0.39, 0.29) is 36.6 Å². The Balaban J connectivity index is 0.868. The van der Waals surface area contributed by atoms with Crippen molar-refractivity contribution in [2.24, 2.45) is 5.41 Å². The largest absolute Gasteiger partial charge is 0.508 e. The molecule has 1 aliphatic carbocycles. The molecule has 54 heavy (non-hydrogen) atoms. The van der Waals surface area contributed by atoms with Gasteiger partial charge in [0.2, 0.25) is 11.8 Å². The van der Waals surface area contributed by atoms with Crippen molar-refractivity contribution >= 4 is 28.9 Å². The van der Waals surface area contributed by atoms with Crippen LogP contribution in [0.3, 0.4) is 0 Å². The molecule has 0 aromatic heterocycles. The summed E-state index contributed by atoms with van der Waals surface area (Å²) in [5, 5.41) is 12.3. The van der Waals surface area contributed by atoms with Crippen LogP contribution in [0.15, 0.2) is 115 Å². The average Bonchev–Trinajstić information content (AvgIpc) is 3.43. The van der Waals surface area contributed by atoms with Crippen LogP contribution in [0, 0.1) is 5.41 Å². The number of phenolic OH excluding ortho intramolecular Hbond substituents is 1. The van der Waals surface area contributed by atoms with Crippen molar-refractivity contribution in [3.63, 3.8) is 0 Å². The molecule has 3 aliphatic heterocycles. The minimum Gasteiger partial charge on any atom is -0.508 e. The molecule has 0 bridgehead atoms. The van der Waals surface area contributed by atoms with E-state index in [2.05, 4.69) is 66.7 Å². The first-order valence-electron chi connectivity index (χ1n) is 19.0. The van der Waals surface area contributed by atoms with E-state index in [1.807, 2.05) is 30.3 Å². The molecule has 7 rings (SSSR count). The lowest BCUT2D eigenvalue weighted by molar-refractivity contribution is -0.142. The van der Waals surface area contributed by atoms with E-state index in [9.17, 15) is 19.5 Å². The first kappa shape index (κ1) is 36.9. The number of hydrogen-bond acceptors (Lipinski definition) is 7. The van der Waals surface area contributed by atoms with Gasteiger partial charge in [-0.3, -0.25) is 24.6 Å². The van der Waals surface area contributed by atoms with Crippen LogP contribution in [0.4, 0.5) is 0 Å².